The lowest BCUT2D eigenvalue weighted by atomic mass is 9.83. The van der Waals surface area contributed by atoms with Crippen molar-refractivity contribution in [1.82, 2.24) is 4.57 Å². The first-order valence-corrected chi connectivity index (χ1v) is 9.62. The van der Waals surface area contributed by atoms with E-state index in [0.29, 0.717) is 11.5 Å². The van der Waals surface area contributed by atoms with Crippen molar-refractivity contribution in [2.45, 2.75) is 12.3 Å². The molecule has 2 aromatic carbocycles. The Morgan fingerprint density at radius 2 is 1.73 bits per heavy atom. The summed E-state index contributed by atoms with van der Waals surface area (Å²) in [6.45, 7) is 0.171. The van der Waals surface area contributed by atoms with Crippen molar-refractivity contribution < 1.29 is 28.5 Å². The van der Waals surface area contributed by atoms with Crippen molar-refractivity contribution in [3.05, 3.63) is 59.8 Å². The second-order valence-corrected chi connectivity index (χ2v) is 7.21. The molecule has 4 rings (SSSR count). The van der Waals surface area contributed by atoms with Crippen molar-refractivity contribution >= 4 is 22.8 Å². The summed E-state index contributed by atoms with van der Waals surface area (Å²) in [4.78, 5) is 24.8. The van der Waals surface area contributed by atoms with Crippen molar-refractivity contribution in [1.29, 1.82) is 0 Å². The quantitative estimate of drug-likeness (QED) is 0.459. The Morgan fingerprint density at radius 1 is 1.03 bits per heavy atom. The zero-order chi connectivity index (χ0) is 21.3. The Morgan fingerprint density at radius 3 is 2.47 bits per heavy atom. The van der Waals surface area contributed by atoms with E-state index in [0.717, 1.165) is 22.0 Å². The van der Waals surface area contributed by atoms with Crippen molar-refractivity contribution in [3.8, 4) is 11.5 Å². The second kappa shape index (κ2) is 8.10. The van der Waals surface area contributed by atoms with Crippen LogP contribution in [0.2, 0.25) is 0 Å². The molecule has 2 heterocycles. The van der Waals surface area contributed by atoms with E-state index in [1.54, 1.807) is 0 Å². The van der Waals surface area contributed by atoms with Gasteiger partial charge in [-0.2, -0.15) is 0 Å². The number of fused-ring (bicyclic) bond motifs is 2. The Labute approximate surface area is 174 Å². The van der Waals surface area contributed by atoms with Gasteiger partial charge in [-0.3, -0.25) is 9.59 Å². The second-order valence-electron chi connectivity index (χ2n) is 7.21. The lowest BCUT2D eigenvalue weighted by molar-refractivity contribution is -0.159. The highest BCUT2D eigenvalue weighted by molar-refractivity contribution is 5.95. The Hall–Kier alpha value is -3.48. The number of carbonyl (C=O) groups excluding carboxylic acids is 2. The number of rotatable bonds is 6. The third kappa shape index (κ3) is 3.47. The third-order valence-corrected chi connectivity index (χ3v) is 5.54. The first-order valence-electron chi connectivity index (χ1n) is 9.62. The molecule has 0 aliphatic carbocycles. The van der Waals surface area contributed by atoms with Crippen LogP contribution in [0.1, 0.15) is 23.5 Å². The molecule has 156 valence electrons. The van der Waals surface area contributed by atoms with Gasteiger partial charge < -0.3 is 23.5 Å². The molecule has 3 aromatic rings. The Bertz CT molecular complexity index is 1090. The van der Waals surface area contributed by atoms with Crippen LogP contribution in [0.15, 0.2) is 48.7 Å². The first-order chi connectivity index (χ1) is 14.5. The number of esters is 2. The van der Waals surface area contributed by atoms with Crippen LogP contribution in [0.25, 0.3) is 10.9 Å². The standard InChI is InChI=1S/C23H23NO6/c1-24-12-18(15-6-4-5-7-19(15)24)16(11-17(22(25)27-2)23(26)28-3)14-8-9-20-21(10-14)30-13-29-20/h4-10,12,16-17H,11,13H2,1-3H3. The van der Waals surface area contributed by atoms with Gasteiger partial charge in [-0.05, 0) is 35.7 Å². The molecular formula is C23H23NO6. The molecular weight excluding hydrogens is 386 g/mol. The van der Waals surface area contributed by atoms with Crippen molar-refractivity contribution in [3.63, 3.8) is 0 Å². The molecule has 1 unspecified atom stereocenters. The third-order valence-electron chi connectivity index (χ3n) is 5.54. The van der Waals surface area contributed by atoms with Crippen LogP contribution in [-0.4, -0.2) is 37.5 Å². The average molecular weight is 409 g/mol. The number of para-hydroxylation sites is 1. The average Bonchev–Trinajstić information content (AvgIpc) is 3.38. The van der Waals surface area contributed by atoms with Crippen LogP contribution in [0.5, 0.6) is 11.5 Å². The monoisotopic (exact) mass is 409 g/mol. The highest BCUT2D eigenvalue weighted by Gasteiger charge is 2.34. The van der Waals surface area contributed by atoms with Gasteiger partial charge in [0.05, 0.1) is 14.2 Å². The summed E-state index contributed by atoms with van der Waals surface area (Å²) in [7, 11) is 4.51. The van der Waals surface area contributed by atoms with Crippen LogP contribution >= 0.6 is 0 Å². The summed E-state index contributed by atoms with van der Waals surface area (Å²) >= 11 is 0. The summed E-state index contributed by atoms with van der Waals surface area (Å²) in [6, 6.07) is 13.7. The van der Waals surface area contributed by atoms with Crippen molar-refractivity contribution in [2.75, 3.05) is 21.0 Å². The molecule has 0 saturated heterocycles. The van der Waals surface area contributed by atoms with Gasteiger partial charge >= 0.3 is 11.9 Å². The number of aryl methyl sites for hydroxylation is 1. The van der Waals surface area contributed by atoms with E-state index in [-0.39, 0.29) is 19.1 Å². The Balaban J connectivity index is 1.84. The van der Waals surface area contributed by atoms with Crippen LogP contribution < -0.4 is 9.47 Å². The van der Waals surface area contributed by atoms with E-state index < -0.39 is 17.9 Å². The zero-order valence-electron chi connectivity index (χ0n) is 17.1. The van der Waals surface area contributed by atoms with E-state index in [1.165, 1.54) is 14.2 Å². The fourth-order valence-corrected chi connectivity index (χ4v) is 4.03. The molecule has 30 heavy (non-hydrogen) atoms. The normalized spacial score (nSPS) is 13.5. The summed E-state index contributed by atoms with van der Waals surface area (Å²) in [5.41, 5.74) is 2.98. The molecule has 0 saturated carbocycles. The number of methoxy groups -OCH3 is 2. The summed E-state index contributed by atoms with van der Waals surface area (Å²) in [6.07, 6.45) is 2.23. The van der Waals surface area contributed by atoms with Crippen molar-refractivity contribution in [2.24, 2.45) is 13.0 Å². The van der Waals surface area contributed by atoms with E-state index in [1.807, 2.05) is 60.3 Å². The van der Waals surface area contributed by atoms with Crippen LogP contribution in [0.4, 0.5) is 0 Å². The molecule has 0 fully saturated rings. The van der Waals surface area contributed by atoms with E-state index in [2.05, 4.69) is 0 Å². The molecule has 0 N–H and O–H groups in total. The first kappa shape index (κ1) is 19.8. The maximum Gasteiger partial charge on any atom is 0.320 e. The fraction of sp³-hybridized carbons (Fsp3) is 0.304. The van der Waals surface area contributed by atoms with Crippen LogP contribution in [-0.2, 0) is 26.1 Å². The largest absolute Gasteiger partial charge is 0.468 e. The number of hydrogen-bond acceptors (Lipinski definition) is 6. The minimum atomic E-state index is -1.05. The maximum absolute atomic E-state index is 12.4. The highest BCUT2D eigenvalue weighted by Crippen LogP contribution is 2.41. The summed E-state index contributed by atoms with van der Waals surface area (Å²) in [5, 5.41) is 1.05. The maximum atomic E-state index is 12.4. The van der Waals surface area contributed by atoms with Crippen LogP contribution in [0, 0.1) is 5.92 Å². The number of carbonyl (C=O) groups is 2. The van der Waals surface area contributed by atoms with Crippen LogP contribution in [0.3, 0.4) is 0 Å². The fourth-order valence-electron chi connectivity index (χ4n) is 4.03. The Kier molecular flexibility index (Phi) is 5.35. The SMILES string of the molecule is COC(=O)C(CC(c1ccc2c(c1)OCO2)c1cn(C)c2ccccc12)C(=O)OC. The van der Waals surface area contributed by atoms with Gasteiger partial charge in [-0.15, -0.1) is 0 Å². The molecule has 0 amide bonds. The van der Waals surface area contributed by atoms with Gasteiger partial charge in [0.25, 0.3) is 0 Å². The minimum Gasteiger partial charge on any atom is -0.468 e. The number of aromatic nitrogens is 1. The van der Waals surface area contributed by atoms with Gasteiger partial charge in [0, 0.05) is 30.1 Å². The molecule has 1 aliphatic heterocycles. The molecule has 7 nitrogen and oxygen atoms in total. The number of ether oxygens (including phenoxy) is 4. The summed E-state index contributed by atoms with van der Waals surface area (Å²) in [5.74, 6) is -1.23. The lowest BCUT2D eigenvalue weighted by Crippen LogP contribution is -2.28. The number of benzene rings is 2. The molecule has 0 radical (unpaired) electrons. The van der Waals surface area contributed by atoms with Gasteiger partial charge in [0.2, 0.25) is 6.79 Å². The van der Waals surface area contributed by atoms with Gasteiger partial charge in [-0.25, -0.2) is 0 Å². The molecule has 0 bridgehead atoms. The topological polar surface area (TPSA) is 76.0 Å². The molecule has 7 heteroatoms. The number of nitrogens with zero attached hydrogens (tertiary/aromatic N) is 1. The summed E-state index contributed by atoms with van der Waals surface area (Å²) < 4.78 is 22.8. The predicted molar refractivity (Wildman–Crippen MR) is 109 cm³/mol. The zero-order valence-corrected chi connectivity index (χ0v) is 17.1. The highest BCUT2D eigenvalue weighted by atomic mass is 16.7. The van der Waals surface area contributed by atoms with Gasteiger partial charge in [-0.1, -0.05) is 24.3 Å². The molecule has 0 spiro atoms. The van der Waals surface area contributed by atoms with Gasteiger partial charge in [0.1, 0.15) is 0 Å². The number of hydrogen-bond donors (Lipinski definition) is 0. The van der Waals surface area contributed by atoms with E-state index >= 15 is 0 Å². The predicted octanol–water partition coefficient (Wildman–Crippen LogP) is 3.39. The lowest BCUT2D eigenvalue weighted by Gasteiger charge is -2.21. The van der Waals surface area contributed by atoms with Gasteiger partial charge in [0.15, 0.2) is 17.4 Å². The smallest absolute Gasteiger partial charge is 0.320 e. The molecule has 1 aliphatic rings. The molecule has 1 aromatic heterocycles. The molecule has 1 atom stereocenters. The van der Waals surface area contributed by atoms with E-state index in [4.69, 9.17) is 18.9 Å². The minimum absolute atomic E-state index is 0.171. The van der Waals surface area contributed by atoms with E-state index in [9.17, 15) is 9.59 Å².